The van der Waals surface area contributed by atoms with E-state index in [4.69, 9.17) is 21.1 Å². The average molecular weight is 369 g/mol. The topological polar surface area (TPSA) is 61.2 Å². The van der Waals surface area contributed by atoms with Crippen LogP contribution < -0.4 is 14.8 Å². The molecule has 132 valence electrons. The van der Waals surface area contributed by atoms with Gasteiger partial charge in [-0.2, -0.15) is 10.1 Å². The molecular weight excluding hydrogens is 352 g/mol. The van der Waals surface area contributed by atoms with Crippen molar-refractivity contribution in [1.82, 2.24) is 14.8 Å². The summed E-state index contributed by atoms with van der Waals surface area (Å²) >= 11 is 6.42. The largest absolute Gasteiger partial charge is 0.493 e. The fraction of sp³-hybridized carbons (Fsp3) is 0.158. The zero-order chi connectivity index (χ0) is 18.1. The van der Waals surface area contributed by atoms with Crippen LogP contribution in [0.25, 0.3) is 5.70 Å². The van der Waals surface area contributed by atoms with Crippen LogP contribution in [0.15, 0.2) is 54.9 Å². The van der Waals surface area contributed by atoms with Crippen LogP contribution in [0.4, 0.5) is 5.95 Å². The molecule has 0 spiro atoms. The second kappa shape index (κ2) is 6.72. The third kappa shape index (κ3) is 2.78. The Morgan fingerprint density at radius 3 is 2.65 bits per heavy atom. The van der Waals surface area contributed by atoms with Crippen LogP contribution in [0.3, 0.4) is 0 Å². The van der Waals surface area contributed by atoms with Crippen molar-refractivity contribution in [3.8, 4) is 11.5 Å². The van der Waals surface area contributed by atoms with Crippen LogP contribution >= 0.6 is 11.6 Å². The summed E-state index contributed by atoms with van der Waals surface area (Å²) < 4.78 is 12.5. The zero-order valence-electron chi connectivity index (χ0n) is 14.3. The van der Waals surface area contributed by atoms with E-state index in [2.05, 4.69) is 21.5 Å². The summed E-state index contributed by atoms with van der Waals surface area (Å²) in [6, 6.07) is 13.3. The Kier molecular flexibility index (Phi) is 4.26. The van der Waals surface area contributed by atoms with Crippen LogP contribution in [-0.2, 0) is 0 Å². The Morgan fingerprint density at radius 1 is 1.08 bits per heavy atom. The monoisotopic (exact) mass is 368 g/mol. The number of benzene rings is 2. The minimum Gasteiger partial charge on any atom is -0.493 e. The maximum Gasteiger partial charge on any atom is 0.226 e. The van der Waals surface area contributed by atoms with Gasteiger partial charge in [0.05, 0.1) is 14.2 Å². The first kappa shape index (κ1) is 16.5. The highest BCUT2D eigenvalue weighted by Crippen LogP contribution is 2.37. The Balaban J connectivity index is 1.81. The smallest absolute Gasteiger partial charge is 0.226 e. The van der Waals surface area contributed by atoms with Crippen molar-refractivity contribution >= 4 is 23.2 Å². The number of ether oxygens (including phenoxy) is 2. The fourth-order valence-electron chi connectivity index (χ4n) is 3.04. The first-order valence-electron chi connectivity index (χ1n) is 8.06. The lowest BCUT2D eigenvalue weighted by molar-refractivity contribution is 0.355. The first-order chi connectivity index (χ1) is 12.7. The molecule has 0 fully saturated rings. The standard InChI is InChI=1S/C19H17ClN4O2/c1-25-17-8-7-12(9-18(17)26-2)15-10-16(13-5-3-4-6-14(13)20)24-19(23-15)21-11-22-24/h3-11,16H,1-2H3,(H,21,22,23)/t16-/m1/s1. The van der Waals surface area contributed by atoms with Gasteiger partial charge in [0.15, 0.2) is 11.5 Å². The molecule has 2 heterocycles. The minimum atomic E-state index is -0.162. The van der Waals surface area contributed by atoms with Crippen LogP contribution in [0.5, 0.6) is 11.5 Å². The van der Waals surface area contributed by atoms with Crippen LogP contribution in [0.2, 0.25) is 5.02 Å². The van der Waals surface area contributed by atoms with Crippen molar-refractivity contribution < 1.29 is 9.47 Å². The second-order valence-electron chi connectivity index (χ2n) is 5.77. The van der Waals surface area contributed by atoms with E-state index in [-0.39, 0.29) is 6.04 Å². The fourth-order valence-corrected chi connectivity index (χ4v) is 3.29. The molecule has 1 aliphatic rings. The number of nitrogens with zero attached hydrogens (tertiary/aromatic N) is 3. The lowest BCUT2D eigenvalue weighted by Gasteiger charge is -2.25. The summed E-state index contributed by atoms with van der Waals surface area (Å²) in [4.78, 5) is 4.32. The highest BCUT2D eigenvalue weighted by Gasteiger charge is 2.25. The number of aromatic nitrogens is 3. The quantitative estimate of drug-likeness (QED) is 0.754. The highest BCUT2D eigenvalue weighted by molar-refractivity contribution is 6.31. The number of halogens is 1. The van der Waals surface area contributed by atoms with Gasteiger partial charge < -0.3 is 14.8 Å². The number of nitrogens with one attached hydrogen (secondary N) is 1. The number of hydrogen-bond donors (Lipinski definition) is 1. The molecular formula is C19H17ClN4O2. The van der Waals surface area contributed by atoms with Crippen LogP contribution in [0, 0.1) is 0 Å². The number of methoxy groups -OCH3 is 2. The predicted octanol–water partition coefficient (Wildman–Crippen LogP) is 4.00. The zero-order valence-corrected chi connectivity index (χ0v) is 15.1. The van der Waals surface area contributed by atoms with E-state index < -0.39 is 0 Å². The van der Waals surface area contributed by atoms with Crippen molar-refractivity contribution in [2.24, 2.45) is 0 Å². The van der Waals surface area contributed by atoms with Gasteiger partial charge >= 0.3 is 0 Å². The summed E-state index contributed by atoms with van der Waals surface area (Å²) in [5, 5.41) is 8.34. The Labute approximate surface area is 156 Å². The molecule has 0 radical (unpaired) electrons. The lowest BCUT2D eigenvalue weighted by Crippen LogP contribution is -2.20. The van der Waals surface area contributed by atoms with Gasteiger partial charge in [-0.05, 0) is 35.9 Å². The maximum absolute atomic E-state index is 6.42. The normalized spacial score (nSPS) is 15.7. The van der Waals surface area contributed by atoms with E-state index in [1.54, 1.807) is 14.2 Å². The molecule has 0 saturated carbocycles. The van der Waals surface area contributed by atoms with E-state index >= 15 is 0 Å². The minimum absolute atomic E-state index is 0.162. The third-order valence-electron chi connectivity index (χ3n) is 4.33. The number of allylic oxidation sites excluding steroid dienone is 1. The van der Waals surface area contributed by atoms with Gasteiger partial charge in [0.2, 0.25) is 5.95 Å². The van der Waals surface area contributed by atoms with Gasteiger partial charge in [-0.3, -0.25) is 0 Å². The number of fused-ring (bicyclic) bond motifs is 1. The first-order valence-corrected chi connectivity index (χ1v) is 8.44. The number of rotatable bonds is 4. The second-order valence-corrected chi connectivity index (χ2v) is 6.18. The lowest BCUT2D eigenvalue weighted by atomic mass is 10.0. The molecule has 1 atom stereocenters. The molecule has 0 amide bonds. The van der Waals surface area contributed by atoms with E-state index in [0.717, 1.165) is 16.8 Å². The Bertz CT molecular complexity index is 983. The van der Waals surface area contributed by atoms with E-state index in [1.807, 2.05) is 47.1 Å². The molecule has 0 saturated heterocycles. The molecule has 7 heteroatoms. The summed E-state index contributed by atoms with van der Waals surface area (Å²) in [7, 11) is 3.24. The van der Waals surface area contributed by atoms with Crippen LogP contribution in [0.1, 0.15) is 17.2 Å². The van der Waals surface area contributed by atoms with Gasteiger partial charge in [-0.25, -0.2) is 4.68 Å². The van der Waals surface area contributed by atoms with E-state index in [9.17, 15) is 0 Å². The molecule has 0 unspecified atom stereocenters. The summed E-state index contributed by atoms with van der Waals surface area (Å²) in [6.07, 6.45) is 3.60. The van der Waals surface area contributed by atoms with Crippen LogP contribution in [-0.4, -0.2) is 29.0 Å². The molecule has 1 aromatic heterocycles. The Morgan fingerprint density at radius 2 is 1.88 bits per heavy atom. The van der Waals surface area contributed by atoms with Gasteiger partial charge in [-0.15, -0.1) is 0 Å². The van der Waals surface area contributed by atoms with Gasteiger partial charge in [0.25, 0.3) is 0 Å². The Hall–Kier alpha value is -2.99. The van der Waals surface area contributed by atoms with E-state index in [0.29, 0.717) is 22.5 Å². The SMILES string of the molecule is COc1ccc(C2=C[C@H](c3ccccc3Cl)n3ncnc3N2)cc1OC. The van der Waals surface area contributed by atoms with Gasteiger partial charge in [0, 0.05) is 16.3 Å². The van der Waals surface area contributed by atoms with Crippen molar-refractivity contribution in [3.63, 3.8) is 0 Å². The predicted molar refractivity (Wildman–Crippen MR) is 101 cm³/mol. The molecule has 2 aromatic carbocycles. The highest BCUT2D eigenvalue weighted by atomic mass is 35.5. The molecule has 0 aliphatic carbocycles. The van der Waals surface area contributed by atoms with Crippen molar-refractivity contribution in [1.29, 1.82) is 0 Å². The van der Waals surface area contributed by atoms with Crippen molar-refractivity contribution in [2.75, 3.05) is 19.5 Å². The molecule has 6 nitrogen and oxygen atoms in total. The molecule has 3 aromatic rings. The molecule has 4 rings (SSSR count). The summed E-state index contributed by atoms with van der Waals surface area (Å²) in [5.74, 6) is 2.00. The molecule has 0 bridgehead atoms. The number of anilines is 1. The molecule has 26 heavy (non-hydrogen) atoms. The maximum atomic E-state index is 6.42. The van der Waals surface area contributed by atoms with Crippen molar-refractivity contribution in [3.05, 3.63) is 71.0 Å². The number of hydrogen-bond acceptors (Lipinski definition) is 5. The summed E-state index contributed by atoms with van der Waals surface area (Å²) in [5.41, 5.74) is 2.81. The van der Waals surface area contributed by atoms with Crippen molar-refractivity contribution in [2.45, 2.75) is 6.04 Å². The third-order valence-corrected chi connectivity index (χ3v) is 4.67. The molecule has 1 aliphatic heterocycles. The summed E-state index contributed by atoms with van der Waals surface area (Å²) in [6.45, 7) is 0. The molecule has 1 N–H and O–H groups in total. The van der Waals surface area contributed by atoms with E-state index in [1.165, 1.54) is 6.33 Å². The van der Waals surface area contributed by atoms with Gasteiger partial charge in [0.1, 0.15) is 12.4 Å². The average Bonchev–Trinajstić information content (AvgIpc) is 3.16. The van der Waals surface area contributed by atoms with Gasteiger partial charge in [-0.1, -0.05) is 29.8 Å².